The summed E-state index contributed by atoms with van der Waals surface area (Å²) >= 11 is 0. The molecule has 1 aromatic heterocycles. The normalized spacial score (nSPS) is 11.0. The Morgan fingerprint density at radius 2 is 1.52 bits per heavy atom. The smallest absolute Gasteiger partial charge is 0.294 e. The molecule has 0 spiro atoms. The van der Waals surface area contributed by atoms with E-state index in [0.717, 1.165) is 12.0 Å². The number of benzene rings is 2. The van der Waals surface area contributed by atoms with Crippen molar-refractivity contribution in [3.05, 3.63) is 95.8 Å². The SMILES string of the molecule is CN(C)c1ccc(C=CCc2ccncc2)cc1.Cc1ccc(S(=O)(=O)O)cc1. The van der Waals surface area contributed by atoms with Gasteiger partial charge in [0.05, 0.1) is 4.90 Å². The van der Waals surface area contributed by atoms with Crippen LogP contribution < -0.4 is 4.90 Å². The highest BCUT2D eigenvalue weighted by Crippen LogP contribution is 2.13. The van der Waals surface area contributed by atoms with Gasteiger partial charge in [-0.1, -0.05) is 42.0 Å². The van der Waals surface area contributed by atoms with Crippen molar-refractivity contribution in [1.29, 1.82) is 0 Å². The fourth-order valence-corrected chi connectivity index (χ4v) is 2.92. The summed E-state index contributed by atoms with van der Waals surface area (Å²) in [5.41, 5.74) is 4.69. The molecule has 2 aromatic carbocycles. The fraction of sp³-hybridized carbons (Fsp3) is 0.174. The Bertz CT molecular complexity index is 1010. The Labute approximate surface area is 173 Å². The Morgan fingerprint density at radius 1 is 0.931 bits per heavy atom. The molecule has 0 bridgehead atoms. The molecular weight excluding hydrogens is 384 g/mol. The molecule has 0 amide bonds. The zero-order valence-electron chi connectivity index (χ0n) is 16.9. The number of hydrogen-bond donors (Lipinski definition) is 1. The topological polar surface area (TPSA) is 70.5 Å². The van der Waals surface area contributed by atoms with Crippen molar-refractivity contribution in [2.45, 2.75) is 18.2 Å². The van der Waals surface area contributed by atoms with Crippen LogP contribution in [0.2, 0.25) is 0 Å². The Balaban J connectivity index is 0.000000234. The van der Waals surface area contributed by atoms with E-state index < -0.39 is 10.1 Å². The summed E-state index contributed by atoms with van der Waals surface area (Å²) in [6, 6.07) is 18.6. The summed E-state index contributed by atoms with van der Waals surface area (Å²) in [6.45, 7) is 1.84. The minimum atomic E-state index is -4.02. The average Bonchev–Trinajstić information content (AvgIpc) is 2.69. The van der Waals surface area contributed by atoms with Gasteiger partial charge in [0.25, 0.3) is 10.1 Å². The monoisotopic (exact) mass is 410 g/mol. The van der Waals surface area contributed by atoms with Crippen LogP contribution in [0.4, 0.5) is 5.69 Å². The van der Waals surface area contributed by atoms with Crippen molar-refractivity contribution in [2.24, 2.45) is 0 Å². The molecule has 3 rings (SSSR count). The van der Waals surface area contributed by atoms with Gasteiger partial charge in [0, 0.05) is 32.2 Å². The molecule has 1 N–H and O–H groups in total. The highest BCUT2D eigenvalue weighted by Gasteiger charge is 2.06. The summed E-state index contributed by atoms with van der Waals surface area (Å²) in [5.74, 6) is 0. The number of rotatable bonds is 5. The van der Waals surface area contributed by atoms with E-state index in [9.17, 15) is 8.42 Å². The van der Waals surface area contributed by atoms with E-state index >= 15 is 0 Å². The molecule has 0 saturated carbocycles. The van der Waals surface area contributed by atoms with E-state index in [0.29, 0.717) is 0 Å². The molecule has 29 heavy (non-hydrogen) atoms. The van der Waals surface area contributed by atoms with Gasteiger partial charge in [-0.2, -0.15) is 8.42 Å². The van der Waals surface area contributed by atoms with Crippen molar-refractivity contribution in [3.8, 4) is 0 Å². The lowest BCUT2D eigenvalue weighted by Gasteiger charge is -2.11. The van der Waals surface area contributed by atoms with Gasteiger partial charge in [-0.25, -0.2) is 0 Å². The first kappa shape index (κ1) is 22.3. The summed E-state index contributed by atoms with van der Waals surface area (Å²) < 4.78 is 29.6. The third kappa shape index (κ3) is 7.89. The minimum absolute atomic E-state index is 0.0666. The van der Waals surface area contributed by atoms with Gasteiger partial charge in [-0.3, -0.25) is 9.54 Å². The van der Waals surface area contributed by atoms with Crippen molar-refractivity contribution in [3.63, 3.8) is 0 Å². The molecule has 0 radical (unpaired) electrons. The Hall–Kier alpha value is -2.96. The van der Waals surface area contributed by atoms with E-state index in [-0.39, 0.29) is 4.90 Å². The van der Waals surface area contributed by atoms with Crippen LogP contribution in [0.3, 0.4) is 0 Å². The standard InChI is InChI=1S/C16H18N2.C7H8O3S/c1-18(2)16-8-6-14(7-9-16)4-3-5-15-10-12-17-13-11-15;1-6-2-4-7(5-3-6)11(8,9)10/h3-4,6-13H,5H2,1-2H3;2-5H,1H3,(H,8,9,10). The molecule has 0 aliphatic rings. The molecule has 0 unspecified atom stereocenters. The molecule has 6 heteroatoms. The second-order valence-electron chi connectivity index (χ2n) is 6.74. The summed E-state index contributed by atoms with van der Waals surface area (Å²) in [5, 5.41) is 0. The lowest BCUT2D eigenvalue weighted by molar-refractivity contribution is 0.483. The first-order valence-electron chi connectivity index (χ1n) is 9.13. The molecule has 0 aliphatic heterocycles. The molecule has 0 atom stereocenters. The Kier molecular flexibility index (Phi) is 8.12. The van der Waals surface area contributed by atoms with Crippen molar-refractivity contribution in [2.75, 3.05) is 19.0 Å². The molecule has 3 aromatic rings. The van der Waals surface area contributed by atoms with E-state index in [2.05, 4.69) is 46.3 Å². The number of allylic oxidation sites excluding steroid dienone is 1. The number of hydrogen-bond acceptors (Lipinski definition) is 4. The van der Waals surface area contributed by atoms with Gasteiger partial charge in [-0.05, 0) is 60.9 Å². The van der Waals surface area contributed by atoms with Crippen LogP contribution in [0.5, 0.6) is 0 Å². The summed E-state index contributed by atoms with van der Waals surface area (Å²) in [6.07, 6.45) is 8.93. The maximum atomic E-state index is 10.5. The Morgan fingerprint density at radius 3 is 2.03 bits per heavy atom. The predicted molar refractivity (Wildman–Crippen MR) is 119 cm³/mol. The maximum absolute atomic E-state index is 10.5. The first-order valence-corrected chi connectivity index (χ1v) is 10.6. The third-order valence-electron chi connectivity index (χ3n) is 4.14. The molecule has 1 heterocycles. The van der Waals surface area contributed by atoms with Crippen LogP contribution in [0.1, 0.15) is 16.7 Å². The van der Waals surface area contributed by atoms with E-state index in [1.54, 1.807) is 12.1 Å². The van der Waals surface area contributed by atoms with Gasteiger partial charge < -0.3 is 4.90 Å². The summed E-state index contributed by atoms with van der Waals surface area (Å²) in [4.78, 5) is 6.04. The molecular formula is C23H26N2O3S. The predicted octanol–water partition coefficient (Wildman–Crippen LogP) is 4.65. The second kappa shape index (κ2) is 10.5. The average molecular weight is 411 g/mol. The van der Waals surface area contributed by atoms with Crippen LogP contribution in [0.25, 0.3) is 6.08 Å². The second-order valence-corrected chi connectivity index (χ2v) is 8.16. The lowest BCUT2D eigenvalue weighted by Crippen LogP contribution is -2.07. The number of aryl methyl sites for hydroxylation is 1. The third-order valence-corrected chi connectivity index (χ3v) is 5.01. The van der Waals surface area contributed by atoms with Gasteiger partial charge in [0.15, 0.2) is 0 Å². The van der Waals surface area contributed by atoms with Crippen LogP contribution >= 0.6 is 0 Å². The molecule has 0 aliphatic carbocycles. The zero-order chi connectivity index (χ0) is 21.3. The highest BCUT2D eigenvalue weighted by molar-refractivity contribution is 7.85. The number of nitrogens with zero attached hydrogens (tertiary/aromatic N) is 2. The lowest BCUT2D eigenvalue weighted by atomic mass is 10.1. The van der Waals surface area contributed by atoms with Crippen LogP contribution in [0.15, 0.2) is 84.0 Å². The number of anilines is 1. The maximum Gasteiger partial charge on any atom is 0.294 e. The van der Waals surface area contributed by atoms with Crippen molar-refractivity contribution in [1.82, 2.24) is 4.98 Å². The zero-order valence-corrected chi connectivity index (χ0v) is 17.7. The number of aromatic nitrogens is 1. The van der Waals surface area contributed by atoms with Crippen molar-refractivity contribution < 1.29 is 13.0 Å². The van der Waals surface area contributed by atoms with Crippen LogP contribution in [0, 0.1) is 6.92 Å². The van der Waals surface area contributed by atoms with Crippen molar-refractivity contribution >= 4 is 21.9 Å². The van der Waals surface area contributed by atoms with Crippen LogP contribution in [-0.4, -0.2) is 32.0 Å². The molecule has 0 fully saturated rings. The van der Waals surface area contributed by atoms with Gasteiger partial charge >= 0.3 is 0 Å². The molecule has 0 saturated heterocycles. The minimum Gasteiger partial charge on any atom is -0.378 e. The highest BCUT2D eigenvalue weighted by atomic mass is 32.2. The van der Waals surface area contributed by atoms with E-state index in [1.165, 1.54) is 28.9 Å². The fourth-order valence-electron chi connectivity index (χ4n) is 2.44. The van der Waals surface area contributed by atoms with Gasteiger partial charge in [-0.15, -0.1) is 0 Å². The first-order chi connectivity index (χ1) is 13.8. The van der Waals surface area contributed by atoms with Crippen LogP contribution in [-0.2, 0) is 16.5 Å². The molecule has 152 valence electrons. The largest absolute Gasteiger partial charge is 0.378 e. The van der Waals surface area contributed by atoms with Gasteiger partial charge in [0.1, 0.15) is 0 Å². The van der Waals surface area contributed by atoms with E-state index in [4.69, 9.17) is 4.55 Å². The quantitative estimate of drug-likeness (QED) is 0.620. The van der Waals surface area contributed by atoms with Gasteiger partial charge in [0.2, 0.25) is 0 Å². The molecule has 5 nitrogen and oxygen atoms in total. The van der Waals surface area contributed by atoms with E-state index in [1.807, 2.05) is 45.5 Å². The number of pyridine rings is 1. The summed E-state index contributed by atoms with van der Waals surface area (Å²) in [7, 11) is 0.0802.